The SMILES string of the molecule is C/C=C/CCCCCCCCCCCCCCCN(Cc1ccccc1)Cc1ccccc1. The van der Waals surface area contributed by atoms with E-state index < -0.39 is 0 Å². The van der Waals surface area contributed by atoms with Crippen LogP contribution in [-0.2, 0) is 13.1 Å². The van der Waals surface area contributed by atoms with Crippen molar-refractivity contribution < 1.29 is 0 Å². The molecule has 33 heavy (non-hydrogen) atoms. The van der Waals surface area contributed by atoms with Crippen molar-refractivity contribution in [3.63, 3.8) is 0 Å². The number of nitrogens with zero attached hydrogens (tertiary/aromatic N) is 1. The summed E-state index contributed by atoms with van der Waals surface area (Å²) < 4.78 is 0. The molecule has 0 saturated heterocycles. The molecule has 0 spiro atoms. The van der Waals surface area contributed by atoms with Crippen molar-refractivity contribution in [2.24, 2.45) is 0 Å². The molecule has 2 rings (SSSR count). The van der Waals surface area contributed by atoms with Crippen LogP contribution in [0.3, 0.4) is 0 Å². The molecule has 1 heteroatoms. The third-order valence-electron chi connectivity index (χ3n) is 6.58. The number of hydrogen-bond acceptors (Lipinski definition) is 1. The quantitative estimate of drug-likeness (QED) is 0.144. The third-order valence-corrected chi connectivity index (χ3v) is 6.58. The highest BCUT2D eigenvalue weighted by Crippen LogP contribution is 2.15. The molecular formula is C32H49N. The monoisotopic (exact) mass is 447 g/mol. The summed E-state index contributed by atoms with van der Waals surface area (Å²) in [5.74, 6) is 0. The molecule has 0 heterocycles. The molecule has 0 fully saturated rings. The topological polar surface area (TPSA) is 3.24 Å². The Morgan fingerprint density at radius 3 is 1.33 bits per heavy atom. The van der Waals surface area contributed by atoms with E-state index in [9.17, 15) is 0 Å². The van der Waals surface area contributed by atoms with Gasteiger partial charge < -0.3 is 0 Å². The van der Waals surface area contributed by atoms with E-state index in [-0.39, 0.29) is 0 Å². The van der Waals surface area contributed by atoms with Crippen LogP contribution in [0.1, 0.15) is 108 Å². The second-order valence-electron chi connectivity index (χ2n) is 9.64. The second kappa shape index (κ2) is 19.6. The maximum atomic E-state index is 2.62. The van der Waals surface area contributed by atoms with Gasteiger partial charge in [0.2, 0.25) is 0 Å². The Balaban J connectivity index is 1.48. The zero-order chi connectivity index (χ0) is 23.2. The first-order valence-corrected chi connectivity index (χ1v) is 13.8. The maximum absolute atomic E-state index is 2.62. The van der Waals surface area contributed by atoms with Gasteiger partial charge in [-0.3, -0.25) is 4.90 Å². The number of allylic oxidation sites excluding steroid dienone is 2. The van der Waals surface area contributed by atoms with Crippen LogP contribution in [-0.4, -0.2) is 11.4 Å². The number of hydrogen-bond donors (Lipinski definition) is 0. The van der Waals surface area contributed by atoms with Crippen LogP contribution in [0, 0.1) is 0 Å². The van der Waals surface area contributed by atoms with E-state index in [1.165, 1.54) is 108 Å². The molecule has 0 atom stereocenters. The van der Waals surface area contributed by atoms with E-state index in [2.05, 4.69) is 84.6 Å². The molecule has 0 aromatic heterocycles. The standard InChI is InChI=1S/C32H49N/c1-2-3-4-5-6-7-8-9-10-11-12-13-14-15-16-23-28-33(29-31-24-19-17-20-25-31)30-32-26-21-18-22-27-32/h2-3,17-22,24-27H,4-16,23,28-30H2,1H3/b3-2+. The Bertz CT molecular complexity index is 649. The predicted molar refractivity (Wildman–Crippen MR) is 146 cm³/mol. The van der Waals surface area contributed by atoms with Gasteiger partial charge in [0.15, 0.2) is 0 Å². The average molecular weight is 448 g/mol. The summed E-state index contributed by atoms with van der Waals surface area (Å²) in [6, 6.07) is 21.9. The van der Waals surface area contributed by atoms with Crippen LogP contribution >= 0.6 is 0 Å². The molecule has 182 valence electrons. The lowest BCUT2D eigenvalue weighted by Gasteiger charge is -2.22. The Kier molecular flexibility index (Phi) is 16.3. The molecule has 0 aliphatic carbocycles. The highest BCUT2D eigenvalue weighted by atomic mass is 15.1. The fourth-order valence-electron chi connectivity index (χ4n) is 4.61. The molecule has 0 amide bonds. The molecule has 0 aliphatic rings. The van der Waals surface area contributed by atoms with Gasteiger partial charge in [0.25, 0.3) is 0 Å². The van der Waals surface area contributed by atoms with Gasteiger partial charge in [-0.25, -0.2) is 0 Å². The van der Waals surface area contributed by atoms with Crippen molar-refractivity contribution in [1.82, 2.24) is 4.90 Å². The van der Waals surface area contributed by atoms with Crippen LogP contribution < -0.4 is 0 Å². The first-order valence-electron chi connectivity index (χ1n) is 13.8. The van der Waals surface area contributed by atoms with Gasteiger partial charge in [-0.2, -0.15) is 0 Å². The number of benzene rings is 2. The minimum Gasteiger partial charge on any atom is -0.295 e. The Hall–Kier alpha value is -1.86. The summed E-state index contributed by atoms with van der Waals surface area (Å²) in [6.45, 7) is 5.41. The van der Waals surface area contributed by atoms with E-state index in [0.717, 1.165) is 13.1 Å². The van der Waals surface area contributed by atoms with Crippen molar-refractivity contribution in [1.29, 1.82) is 0 Å². The molecule has 1 nitrogen and oxygen atoms in total. The van der Waals surface area contributed by atoms with Gasteiger partial charge in [-0.1, -0.05) is 143 Å². The van der Waals surface area contributed by atoms with E-state index in [1.54, 1.807) is 0 Å². The molecule has 0 bridgehead atoms. The van der Waals surface area contributed by atoms with Crippen LogP contribution in [0.5, 0.6) is 0 Å². The molecule has 0 N–H and O–H groups in total. The van der Waals surface area contributed by atoms with E-state index in [0.29, 0.717) is 0 Å². The fraction of sp³-hybridized carbons (Fsp3) is 0.562. The van der Waals surface area contributed by atoms with Gasteiger partial charge in [0.1, 0.15) is 0 Å². The van der Waals surface area contributed by atoms with Gasteiger partial charge in [-0.05, 0) is 43.9 Å². The Morgan fingerprint density at radius 1 is 0.515 bits per heavy atom. The van der Waals surface area contributed by atoms with E-state index >= 15 is 0 Å². The average Bonchev–Trinajstić information content (AvgIpc) is 2.85. The number of unbranched alkanes of at least 4 members (excludes halogenated alkanes) is 13. The first kappa shape index (κ1) is 27.4. The van der Waals surface area contributed by atoms with Crippen LogP contribution in [0.2, 0.25) is 0 Å². The Morgan fingerprint density at radius 2 is 0.909 bits per heavy atom. The lowest BCUT2D eigenvalue weighted by molar-refractivity contribution is 0.250. The van der Waals surface area contributed by atoms with E-state index in [1.807, 2.05) is 0 Å². The lowest BCUT2D eigenvalue weighted by Crippen LogP contribution is -2.24. The summed E-state index contributed by atoms with van der Waals surface area (Å²) in [5.41, 5.74) is 2.84. The molecule has 2 aromatic carbocycles. The van der Waals surface area contributed by atoms with Crippen LogP contribution in [0.25, 0.3) is 0 Å². The van der Waals surface area contributed by atoms with Crippen LogP contribution in [0.15, 0.2) is 72.8 Å². The van der Waals surface area contributed by atoms with Crippen molar-refractivity contribution in [2.45, 2.75) is 110 Å². The summed E-state index contributed by atoms with van der Waals surface area (Å²) in [5, 5.41) is 0. The van der Waals surface area contributed by atoms with Crippen molar-refractivity contribution >= 4 is 0 Å². The smallest absolute Gasteiger partial charge is 0.0237 e. The normalized spacial score (nSPS) is 11.6. The van der Waals surface area contributed by atoms with Crippen molar-refractivity contribution in [3.8, 4) is 0 Å². The van der Waals surface area contributed by atoms with Gasteiger partial charge in [0.05, 0.1) is 0 Å². The van der Waals surface area contributed by atoms with Crippen LogP contribution in [0.4, 0.5) is 0 Å². The summed E-state index contributed by atoms with van der Waals surface area (Å²) in [4.78, 5) is 2.62. The fourth-order valence-corrected chi connectivity index (χ4v) is 4.61. The van der Waals surface area contributed by atoms with E-state index in [4.69, 9.17) is 0 Å². The minimum atomic E-state index is 1.05. The molecule has 0 aliphatic heterocycles. The maximum Gasteiger partial charge on any atom is 0.0237 e. The molecule has 0 saturated carbocycles. The van der Waals surface area contributed by atoms with Crippen molar-refractivity contribution in [3.05, 3.63) is 83.9 Å². The molecule has 0 unspecified atom stereocenters. The largest absolute Gasteiger partial charge is 0.295 e. The summed E-state index contributed by atoms with van der Waals surface area (Å²) in [7, 11) is 0. The molecule has 0 radical (unpaired) electrons. The highest BCUT2D eigenvalue weighted by molar-refractivity contribution is 5.17. The van der Waals surface area contributed by atoms with Crippen molar-refractivity contribution in [2.75, 3.05) is 6.54 Å². The summed E-state index contributed by atoms with van der Waals surface area (Å²) >= 11 is 0. The lowest BCUT2D eigenvalue weighted by atomic mass is 10.0. The number of rotatable bonds is 20. The van der Waals surface area contributed by atoms with Gasteiger partial charge in [0, 0.05) is 13.1 Å². The third kappa shape index (κ3) is 14.8. The molecular weight excluding hydrogens is 398 g/mol. The van der Waals surface area contributed by atoms with Gasteiger partial charge in [-0.15, -0.1) is 0 Å². The zero-order valence-corrected chi connectivity index (χ0v) is 21.4. The summed E-state index contributed by atoms with van der Waals surface area (Å²) in [6.07, 6.45) is 24.1. The highest BCUT2D eigenvalue weighted by Gasteiger charge is 2.07. The Labute approximate surface area is 205 Å². The predicted octanol–water partition coefficient (Wildman–Crippen LogP) is 9.73. The second-order valence-corrected chi connectivity index (χ2v) is 9.64. The molecule has 2 aromatic rings. The first-order chi connectivity index (χ1) is 16.4. The van der Waals surface area contributed by atoms with Gasteiger partial charge >= 0.3 is 0 Å². The minimum absolute atomic E-state index is 1.05. The zero-order valence-electron chi connectivity index (χ0n) is 21.4.